The van der Waals surface area contributed by atoms with E-state index in [4.69, 9.17) is 5.10 Å². The summed E-state index contributed by atoms with van der Waals surface area (Å²) in [4.78, 5) is 15.0. The molecule has 130 valence electrons. The summed E-state index contributed by atoms with van der Waals surface area (Å²) >= 11 is 3.53. The Morgan fingerprint density at radius 3 is 2.64 bits per heavy atom. The number of benzene rings is 1. The Morgan fingerprint density at radius 1 is 1.12 bits per heavy atom. The van der Waals surface area contributed by atoms with Crippen molar-refractivity contribution >= 4 is 21.8 Å². The number of halogens is 1. The summed E-state index contributed by atoms with van der Waals surface area (Å²) in [5.41, 5.74) is 5.27. The number of nitrogens with zero attached hydrogens (tertiary/aromatic N) is 3. The zero-order valence-electron chi connectivity index (χ0n) is 14.3. The van der Waals surface area contributed by atoms with Crippen molar-refractivity contribution in [2.24, 2.45) is 0 Å². The van der Waals surface area contributed by atoms with Gasteiger partial charge in [-0.15, -0.1) is 0 Å². The number of aromatic nitrogens is 2. The van der Waals surface area contributed by atoms with E-state index >= 15 is 0 Å². The molecule has 1 aromatic carbocycles. The van der Waals surface area contributed by atoms with Crippen LogP contribution in [0.25, 0.3) is 5.69 Å². The summed E-state index contributed by atoms with van der Waals surface area (Å²) in [5.74, 6) is 0.0828. The lowest BCUT2D eigenvalue weighted by molar-refractivity contribution is 0.0736. The van der Waals surface area contributed by atoms with Crippen LogP contribution in [-0.2, 0) is 12.8 Å². The van der Waals surface area contributed by atoms with Gasteiger partial charge in [0.1, 0.15) is 0 Å². The van der Waals surface area contributed by atoms with Gasteiger partial charge in [0, 0.05) is 28.8 Å². The van der Waals surface area contributed by atoms with Crippen molar-refractivity contribution in [1.82, 2.24) is 14.7 Å². The number of fused-ring (bicyclic) bond motifs is 1. The molecule has 1 fully saturated rings. The molecule has 2 aromatic rings. The van der Waals surface area contributed by atoms with Crippen molar-refractivity contribution in [2.45, 2.75) is 38.5 Å². The van der Waals surface area contributed by atoms with Crippen LogP contribution in [0.3, 0.4) is 0 Å². The van der Waals surface area contributed by atoms with Crippen LogP contribution < -0.4 is 0 Å². The molecular weight excluding hydrogens is 378 g/mol. The molecule has 0 radical (unpaired) electrons. The van der Waals surface area contributed by atoms with Gasteiger partial charge >= 0.3 is 0 Å². The predicted molar refractivity (Wildman–Crippen MR) is 102 cm³/mol. The number of hydrogen-bond donors (Lipinski definition) is 0. The van der Waals surface area contributed by atoms with E-state index < -0.39 is 0 Å². The van der Waals surface area contributed by atoms with Crippen LogP contribution in [0, 0.1) is 0 Å². The minimum absolute atomic E-state index is 0.0828. The SMILES string of the molecule is C=C1CCN(C(=O)c2nn(-c3cccc(Br)c3)c3c2CCCC3)CC1. The molecule has 2 heterocycles. The molecule has 0 spiro atoms. The molecule has 1 amide bonds. The number of piperidine rings is 1. The van der Waals surface area contributed by atoms with Crippen molar-refractivity contribution in [1.29, 1.82) is 0 Å². The van der Waals surface area contributed by atoms with Crippen LogP contribution in [0.5, 0.6) is 0 Å². The van der Waals surface area contributed by atoms with Gasteiger partial charge in [0.05, 0.1) is 5.69 Å². The zero-order valence-corrected chi connectivity index (χ0v) is 15.9. The largest absolute Gasteiger partial charge is 0.337 e. The maximum absolute atomic E-state index is 13.1. The van der Waals surface area contributed by atoms with Crippen LogP contribution in [0.1, 0.15) is 47.4 Å². The minimum atomic E-state index is 0.0828. The van der Waals surface area contributed by atoms with Gasteiger partial charge in [-0.05, 0) is 56.7 Å². The van der Waals surface area contributed by atoms with E-state index in [-0.39, 0.29) is 5.91 Å². The highest BCUT2D eigenvalue weighted by Gasteiger charge is 2.29. The molecule has 0 N–H and O–H groups in total. The second kappa shape index (κ2) is 6.79. The normalized spacial score (nSPS) is 17.5. The van der Waals surface area contributed by atoms with Gasteiger partial charge in [-0.1, -0.05) is 34.1 Å². The molecule has 1 saturated heterocycles. The number of carbonyl (C=O) groups is 1. The smallest absolute Gasteiger partial charge is 0.274 e. The van der Waals surface area contributed by atoms with Gasteiger partial charge < -0.3 is 4.90 Å². The minimum Gasteiger partial charge on any atom is -0.337 e. The Balaban J connectivity index is 1.73. The second-order valence-electron chi connectivity index (χ2n) is 6.91. The van der Waals surface area contributed by atoms with Crippen molar-refractivity contribution in [3.63, 3.8) is 0 Å². The second-order valence-corrected chi connectivity index (χ2v) is 7.83. The Hall–Kier alpha value is -1.88. The first kappa shape index (κ1) is 16.6. The van der Waals surface area contributed by atoms with Crippen LogP contribution >= 0.6 is 15.9 Å². The molecule has 1 aromatic heterocycles. The lowest BCUT2D eigenvalue weighted by atomic mass is 9.95. The topological polar surface area (TPSA) is 38.1 Å². The fourth-order valence-corrected chi connectivity index (χ4v) is 4.16. The fourth-order valence-electron chi connectivity index (χ4n) is 3.77. The summed E-state index contributed by atoms with van der Waals surface area (Å²) in [7, 11) is 0. The van der Waals surface area contributed by atoms with Gasteiger partial charge in [-0.25, -0.2) is 4.68 Å². The highest BCUT2D eigenvalue weighted by molar-refractivity contribution is 9.10. The van der Waals surface area contributed by atoms with E-state index in [1.54, 1.807) is 0 Å². The van der Waals surface area contributed by atoms with Crippen molar-refractivity contribution in [3.8, 4) is 5.69 Å². The van der Waals surface area contributed by atoms with Gasteiger partial charge in [-0.2, -0.15) is 5.10 Å². The quantitative estimate of drug-likeness (QED) is 0.705. The third-order valence-corrected chi connectivity index (χ3v) is 5.69. The molecular formula is C20H22BrN3O. The zero-order chi connectivity index (χ0) is 17.4. The van der Waals surface area contributed by atoms with E-state index in [0.717, 1.165) is 67.3 Å². The van der Waals surface area contributed by atoms with Crippen LogP contribution in [0.4, 0.5) is 0 Å². The first-order valence-electron chi connectivity index (χ1n) is 8.96. The molecule has 0 unspecified atom stereocenters. The van der Waals surface area contributed by atoms with E-state index in [1.165, 1.54) is 11.3 Å². The summed E-state index contributed by atoms with van der Waals surface area (Å²) in [6.07, 6.45) is 6.03. The van der Waals surface area contributed by atoms with E-state index in [9.17, 15) is 4.79 Å². The van der Waals surface area contributed by atoms with Crippen LogP contribution in [-0.4, -0.2) is 33.7 Å². The summed E-state index contributed by atoms with van der Waals surface area (Å²) < 4.78 is 3.00. The maximum atomic E-state index is 13.1. The first-order chi connectivity index (χ1) is 12.1. The van der Waals surface area contributed by atoms with Crippen LogP contribution in [0.15, 0.2) is 40.9 Å². The fraction of sp³-hybridized carbons (Fsp3) is 0.400. The van der Waals surface area contributed by atoms with Gasteiger partial charge in [0.2, 0.25) is 0 Å². The lowest BCUT2D eigenvalue weighted by Crippen LogP contribution is -2.37. The van der Waals surface area contributed by atoms with Gasteiger partial charge in [-0.3, -0.25) is 4.79 Å². The number of amides is 1. The molecule has 1 aliphatic heterocycles. The monoisotopic (exact) mass is 399 g/mol. The standard InChI is InChI=1S/C20H22BrN3O/c1-14-9-11-23(12-10-14)20(25)19-17-7-2-3-8-18(17)24(22-19)16-6-4-5-15(21)13-16/h4-6,13H,1-3,7-12H2. The lowest BCUT2D eigenvalue weighted by Gasteiger charge is -2.27. The Bertz CT molecular complexity index is 829. The van der Waals surface area contributed by atoms with E-state index in [2.05, 4.69) is 28.6 Å². The molecule has 0 atom stereocenters. The van der Waals surface area contributed by atoms with E-state index in [0.29, 0.717) is 5.69 Å². The molecule has 4 rings (SSSR count). The summed E-state index contributed by atoms with van der Waals surface area (Å²) in [6, 6.07) is 8.12. The first-order valence-corrected chi connectivity index (χ1v) is 9.75. The molecule has 0 bridgehead atoms. The van der Waals surface area contributed by atoms with Crippen molar-refractivity contribution in [2.75, 3.05) is 13.1 Å². The molecule has 0 saturated carbocycles. The maximum Gasteiger partial charge on any atom is 0.274 e. The summed E-state index contributed by atoms with van der Waals surface area (Å²) in [6.45, 7) is 5.56. The van der Waals surface area contributed by atoms with Gasteiger partial charge in [0.15, 0.2) is 5.69 Å². The number of likely N-dealkylation sites (tertiary alicyclic amines) is 1. The average Bonchev–Trinajstić information content (AvgIpc) is 3.01. The number of rotatable bonds is 2. The molecule has 4 nitrogen and oxygen atoms in total. The van der Waals surface area contributed by atoms with Gasteiger partial charge in [0.25, 0.3) is 5.91 Å². The highest BCUT2D eigenvalue weighted by Crippen LogP contribution is 2.29. The third kappa shape index (κ3) is 3.17. The summed E-state index contributed by atoms with van der Waals surface area (Å²) in [5, 5.41) is 4.78. The molecule has 25 heavy (non-hydrogen) atoms. The Kier molecular flexibility index (Phi) is 4.50. The third-order valence-electron chi connectivity index (χ3n) is 5.19. The van der Waals surface area contributed by atoms with Crippen molar-refractivity contribution in [3.05, 3.63) is 57.8 Å². The van der Waals surface area contributed by atoms with Crippen LogP contribution in [0.2, 0.25) is 0 Å². The van der Waals surface area contributed by atoms with E-state index in [1.807, 2.05) is 27.8 Å². The van der Waals surface area contributed by atoms with Crippen molar-refractivity contribution < 1.29 is 4.79 Å². The number of hydrogen-bond acceptors (Lipinski definition) is 2. The highest BCUT2D eigenvalue weighted by atomic mass is 79.9. The molecule has 2 aliphatic rings. The number of carbonyl (C=O) groups excluding carboxylic acids is 1. The predicted octanol–water partition coefficient (Wildman–Crippen LogP) is 4.31. The Labute approximate surface area is 156 Å². The molecule has 5 heteroatoms. The average molecular weight is 400 g/mol. The Morgan fingerprint density at radius 2 is 1.88 bits per heavy atom. The molecule has 1 aliphatic carbocycles.